The van der Waals surface area contributed by atoms with Crippen LogP contribution in [0, 0.1) is 0 Å². The van der Waals surface area contributed by atoms with Crippen LogP contribution >= 0.6 is 27.7 Å². The predicted octanol–water partition coefficient (Wildman–Crippen LogP) is 3.32. The zero-order valence-electron chi connectivity index (χ0n) is 13.2. The molecule has 1 saturated heterocycles. The molecular weight excluding hydrogens is 420 g/mol. The van der Waals surface area contributed by atoms with Gasteiger partial charge in [-0.3, -0.25) is 14.6 Å². The summed E-state index contributed by atoms with van der Waals surface area (Å²) in [5.41, 5.74) is 1.29. The fraction of sp³-hybridized carbons (Fsp3) is 0.118. The normalized spacial score (nSPS) is 17.1. The van der Waals surface area contributed by atoms with Gasteiger partial charge in [0, 0.05) is 28.9 Å². The molecule has 2 aromatic heterocycles. The number of halogens is 1. The zero-order chi connectivity index (χ0) is 18.1. The first kappa shape index (κ1) is 16.9. The molecule has 1 fully saturated rings. The first-order chi connectivity index (χ1) is 12.6. The lowest BCUT2D eigenvalue weighted by molar-refractivity contribution is -0.121. The van der Waals surface area contributed by atoms with Crippen LogP contribution in [0.5, 0.6) is 0 Å². The van der Waals surface area contributed by atoms with Crippen LogP contribution in [-0.2, 0) is 9.59 Å². The molecule has 1 aliphatic rings. The predicted molar refractivity (Wildman–Crippen MR) is 98.4 cm³/mol. The number of nitrogens with zero attached hydrogens (tertiary/aromatic N) is 4. The Bertz CT molecular complexity index is 962. The average Bonchev–Trinajstić information content (AvgIpc) is 3.22. The molecule has 0 saturated carbocycles. The molecule has 0 spiro atoms. The van der Waals surface area contributed by atoms with E-state index in [0.717, 1.165) is 21.8 Å². The van der Waals surface area contributed by atoms with E-state index in [1.54, 1.807) is 48.8 Å². The molecular formula is C17H11BrN4O3S. The fourth-order valence-corrected chi connectivity index (χ4v) is 3.70. The number of anilines is 1. The molecule has 1 aromatic carbocycles. The zero-order valence-corrected chi connectivity index (χ0v) is 15.6. The smallest absolute Gasteiger partial charge is 0.277 e. The molecule has 0 radical (unpaired) electrons. The van der Waals surface area contributed by atoms with Crippen molar-refractivity contribution in [3.05, 3.63) is 53.3 Å². The third-order valence-corrected chi connectivity index (χ3v) is 5.31. The van der Waals surface area contributed by atoms with Gasteiger partial charge in [0.15, 0.2) is 0 Å². The number of amides is 2. The van der Waals surface area contributed by atoms with Gasteiger partial charge in [-0.1, -0.05) is 27.7 Å². The van der Waals surface area contributed by atoms with Crippen molar-refractivity contribution in [1.29, 1.82) is 0 Å². The average molecular weight is 431 g/mol. The van der Waals surface area contributed by atoms with Crippen molar-refractivity contribution in [2.45, 2.75) is 16.9 Å². The summed E-state index contributed by atoms with van der Waals surface area (Å²) >= 11 is 4.44. The monoisotopic (exact) mass is 430 g/mol. The summed E-state index contributed by atoms with van der Waals surface area (Å²) in [7, 11) is 0. The minimum absolute atomic E-state index is 0.0898. The van der Waals surface area contributed by atoms with E-state index >= 15 is 0 Å². The van der Waals surface area contributed by atoms with E-state index in [-0.39, 0.29) is 23.5 Å². The molecule has 1 aliphatic heterocycles. The second-order valence-corrected chi connectivity index (χ2v) is 7.53. The summed E-state index contributed by atoms with van der Waals surface area (Å²) in [6.07, 6.45) is 3.34. The van der Waals surface area contributed by atoms with Crippen molar-refractivity contribution in [2.24, 2.45) is 0 Å². The molecule has 130 valence electrons. The Morgan fingerprint density at radius 1 is 1.08 bits per heavy atom. The lowest BCUT2D eigenvalue weighted by Gasteiger charge is -2.14. The maximum atomic E-state index is 12.7. The van der Waals surface area contributed by atoms with Gasteiger partial charge in [-0.05, 0) is 36.4 Å². The summed E-state index contributed by atoms with van der Waals surface area (Å²) in [4.78, 5) is 30.1. The molecule has 1 atom stereocenters. The third kappa shape index (κ3) is 3.27. The highest BCUT2D eigenvalue weighted by molar-refractivity contribution is 9.10. The van der Waals surface area contributed by atoms with Gasteiger partial charge in [0.25, 0.3) is 5.22 Å². The van der Waals surface area contributed by atoms with Crippen molar-refractivity contribution in [3.8, 4) is 11.5 Å². The van der Waals surface area contributed by atoms with Crippen molar-refractivity contribution in [2.75, 3.05) is 4.90 Å². The number of thioether (sulfide) groups is 1. The molecule has 1 unspecified atom stereocenters. The fourth-order valence-electron chi connectivity index (χ4n) is 2.55. The number of imide groups is 1. The lowest BCUT2D eigenvalue weighted by atomic mass is 10.3. The molecule has 3 aromatic rings. The van der Waals surface area contributed by atoms with E-state index in [2.05, 4.69) is 31.1 Å². The number of aromatic nitrogens is 3. The number of pyridine rings is 1. The summed E-state index contributed by atoms with van der Waals surface area (Å²) in [5.74, 6) is -0.189. The van der Waals surface area contributed by atoms with Crippen LogP contribution in [0.15, 0.2) is 62.9 Å². The van der Waals surface area contributed by atoms with Gasteiger partial charge < -0.3 is 4.42 Å². The first-order valence-corrected chi connectivity index (χ1v) is 9.32. The molecule has 26 heavy (non-hydrogen) atoms. The van der Waals surface area contributed by atoms with Gasteiger partial charge in [-0.2, -0.15) is 0 Å². The molecule has 3 heterocycles. The van der Waals surface area contributed by atoms with E-state index in [1.165, 1.54) is 4.90 Å². The number of carbonyl (C=O) groups is 2. The van der Waals surface area contributed by atoms with Gasteiger partial charge in [0.1, 0.15) is 5.25 Å². The van der Waals surface area contributed by atoms with E-state index in [4.69, 9.17) is 4.42 Å². The van der Waals surface area contributed by atoms with Gasteiger partial charge >= 0.3 is 0 Å². The summed E-state index contributed by atoms with van der Waals surface area (Å²) in [6.45, 7) is 0. The van der Waals surface area contributed by atoms with E-state index in [1.807, 2.05) is 0 Å². The van der Waals surface area contributed by atoms with Crippen LogP contribution in [0.2, 0.25) is 0 Å². The van der Waals surface area contributed by atoms with Gasteiger partial charge in [-0.25, -0.2) is 4.90 Å². The van der Waals surface area contributed by atoms with E-state index < -0.39 is 5.25 Å². The highest BCUT2D eigenvalue weighted by Crippen LogP contribution is 2.34. The minimum Gasteiger partial charge on any atom is -0.411 e. The van der Waals surface area contributed by atoms with Crippen molar-refractivity contribution < 1.29 is 14.0 Å². The second kappa shape index (κ2) is 7.00. The third-order valence-electron chi connectivity index (χ3n) is 3.77. The minimum atomic E-state index is -0.586. The number of carbonyl (C=O) groups excluding carboxylic acids is 2. The van der Waals surface area contributed by atoms with Crippen LogP contribution < -0.4 is 4.90 Å². The summed E-state index contributed by atoms with van der Waals surface area (Å²) < 4.78 is 6.47. The molecule has 0 N–H and O–H groups in total. The highest BCUT2D eigenvalue weighted by Gasteiger charge is 2.41. The molecule has 0 aliphatic carbocycles. The standard InChI is InChI=1S/C17H11BrN4O3S/c18-11-1-3-12(4-2-11)22-14(23)9-13(16(22)24)26-17-21-20-15(25-17)10-5-7-19-8-6-10/h1-8,13H,9H2. The maximum Gasteiger partial charge on any atom is 0.277 e. The highest BCUT2D eigenvalue weighted by atomic mass is 79.9. The van der Waals surface area contributed by atoms with Crippen LogP contribution in [0.4, 0.5) is 5.69 Å². The molecule has 7 nitrogen and oxygen atoms in total. The van der Waals surface area contributed by atoms with Crippen LogP contribution in [-0.4, -0.2) is 32.2 Å². The quantitative estimate of drug-likeness (QED) is 0.586. The first-order valence-electron chi connectivity index (χ1n) is 7.65. The number of hydrogen-bond acceptors (Lipinski definition) is 7. The molecule has 4 rings (SSSR count). The topological polar surface area (TPSA) is 89.2 Å². The van der Waals surface area contributed by atoms with Gasteiger partial charge in [0.2, 0.25) is 17.7 Å². The summed E-state index contributed by atoms with van der Waals surface area (Å²) in [5, 5.41) is 7.61. The second-order valence-electron chi connectivity index (χ2n) is 5.46. The molecule has 0 bridgehead atoms. The number of rotatable bonds is 4. The van der Waals surface area contributed by atoms with Gasteiger partial charge in [-0.15, -0.1) is 10.2 Å². The van der Waals surface area contributed by atoms with E-state index in [0.29, 0.717) is 11.6 Å². The Kier molecular flexibility index (Phi) is 4.56. The number of benzene rings is 1. The SMILES string of the molecule is O=C1CC(Sc2nnc(-c3ccncc3)o2)C(=O)N1c1ccc(Br)cc1. The van der Waals surface area contributed by atoms with Crippen molar-refractivity contribution in [1.82, 2.24) is 15.2 Å². The Labute approximate surface area is 160 Å². The van der Waals surface area contributed by atoms with Crippen LogP contribution in [0.3, 0.4) is 0 Å². The molecule has 2 amide bonds. The Morgan fingerprint density at radius 2 is 1.81 bits per heavy atom. The van der Waals surface area contributed by atoms with Crippen molar-refractivity contribution in [3.63, 3.8) is 0 Å². The number of hydrogen-bond donors (Lipinski definition) is 0. The van der Waals surface area contributed by atoms with E-state index in [9.17, 15) is 9.59 Å². The van der Waals surface area contributed by atoms with Crippen LogP contribution in [0.25, 0.3) is 11.5 Å². The Balaban J connectivity index is 1.51. The van der Waals surface area contributed by atoms with Gasteiger partial charge in [0.05, 0.1) is 5.69 Å². The van der Waals surface area contributed by atoms with Crippen molar-refractivity contribution >= 4 is 45.2 Å². The summed E-state index contributed by atoms with van der Waals surface area (Å²) in [6, 6.07) is 10.5. The molecule has 9 heteroatoms. The maximum absolute atomic E-state index is 12.7. The Hall–Kier alpha value is -2.52. The lowest BCUT2D eigenvalue weighted by Crippen LogP contribution is -2.31. The Morgan fingerprint density at radius 3 is 2.54 bits per heavy atom. The van der Waals surface area contributed by atoms with Crippen LogP contribution in [0.1, 0.15) is 6.42 Å². The largest absolute Gasteiger partial charge is 0.411 e.